The molecule has 2 aromatic carbocycles. The summed E-state index contributed by atoms with van der Waals surface area (Å²) < 4.78 is 12.5. The minimum atomic E-state index is -0.435. The van der Waals surface area contributed by atoms with Crippen LogP contribution >= 0.6 is 22.9 Å². The number of thiazole rings is 1. The Morgan fingerprint density at radius 2 is 2.07 bits per heavy atom. The molecule has 0 saturated heterocycles. The Bertz CT molecular complexity index is 1360. The molecule has 7 nitrogen and oxygen atoms in total. The highest BCUT2D eigenvalue weighted by Gasteiger charge is 2.13. The Morgan fingerprint density at radius 1 is 1.23 bits per heavy atom. The van der Waals surface area contributed by atoms with Crippen LogP contribution in [0.25, 0.3) is 22.4 Å². The predicted molar refractivity (Wildman–Crippen MR) is 115 cm³/mol. The molecule has 30 heavy (non-hydrogen) atoms. The van der Waals surface area contributed by atoms with Gasteiger partial charge in [-0.2, -0.15) is 9.50 Å². The molecule has 4 rings (SSSR count). The van der Waals surface area contributed by atoms with E-state index in [-0.39, 0.29) is 5.56 Å². The van der Waals surface area contributed by atoms with Gasteiger partial charge in [-0.25, -0.2) is 0 Å². The number of aromatic nitrogens is 3. The van der Waals surface area contributed by atoms with Crippen molar-refractivity contribution in [2.45, 2.75) is 13.8 Å². The molecule has 0 aliphatic rings. The molecule has 0 unspecified atom stereocenters. The summed E-state index contributed by atoms with van der Waals surface area (Å²) in [5.74, 6) is 0.765. The molecule has 9 heteroatoms. The minimum Gasteiger partial charge on any atom is -0.490 e. The Hall–Kier alpha value is -3.23. The first kappa shape index (κ1) is 20.1. The third kappa shape index (κ3) is 4.05. The fourth-order valence-electron chi connectivity index (χ4n) is 2.86. The van der Waals surface area contributed by atoms with E-state index >= 15 is 0 Å². The van der Waals surface area contributed by atoms with Crippen molar-refractivity contribution in [1.82, 2.24) is 14.6 Å². The number of benzene rings is 2. The molecule has 0 aliphatic heterocycles. The summed E-state index contributed by atoms with van der Waals surface area (Å²) in [5, 5.41) is 4.90. The second-order valence-corrected chi connectivity index (χ2v) is 7.73. The average molecular weight is 442 g/mol. The monoisotopic (exact) mass is 441 g/mol. The van der Waals surface area contributed by atoms with Crippen molar-refractivity contribution < 1.29 is 14.3 Å². The minimum absolute atomic E-state index is 0.266. The average Bonchev–Trinajstić information content (AvgIpc) is 3.24. The third-order valence-electron chi connectivity index (χ3n) is 4.08. The SMILES string of the molecule is CCOc1cc(/C=c2\sc3nc(-c4cccc(Cl)c4)nn3c2=O)ccc1OC(C)=O. The van der Waals surface area contributed by atoms with Gasteiger partial charge < -0.3 is 9.47 Å². The predicted octanol–water partition coefficient (Wildman–Crippen LogP) is 3.34. The molecule has 2 heterocycles. The fourth-order valence-corrected chi connectivity index (χ4v) is 3.95. The molecule has 0 radical (unpaired) electrons. The summed E-state index contributed by atoms with van der Waals surface area (Å²) in [6.07, 6.45) is 1.72. The van der Waals surface area contributed by atoms with Crippen LogP contribution in [-0.4, -0.2) is 27.2 Å². The number of hydrogen-bond donors (Lipinski definition) is 0. The van der Waals surface area contributed by atoms with E-state index in [0.29, 0.717) is 38.4 Å². The summed E-state index contributed by atoms with van der Waals surface area (Å²) in [6.45, 7) is 3.57. The lowest BCUT2D eigenvalue weighted by atomic mass is 10.2. The van der Waals surface area contributed by atoms with Crippen LogP contribution in [0.3, 0.4) is 0 Å². The lowest BCUT2D eigenvalue weighted by Crippen LogP contribution is -2.23. The van der Waals surface area contributed by atoms with Crippen LogP contribution in [0.1, 0.15) is 19.4 Å². The van der Waals surface area contributed by atoms with Crippen molar-refractivity contribution in [3.05, 3.63) is 67.9 Å². The molecule has 0 spiro atoms. The fraction of sp³-hybridized carbons (Fsp3) is 0.143. The van der Waals surface area contributed by atoms with Gasteiger partial charge in [-0.05, 0) is 42.8 Å². The van der Waals surface area contributed by atoms with Crippen LogP contribution in [-0.2, 0) is 4.79 Å². The van der Waals surface area contributed by atoms with E-state index in [1.165, 1.54) is 22.8 Å². The lowest BCUT2D eigenvalue weighted by Gasteiger charge is -2.10. The van der Waals surface area contributed by atoms with E-state index in [9.17, 15) is 9.59 Å². The molecule has 0 bridgehead atoms. The maximum atomic E-state index is 12.8. The van der Waals surface area contributed by atoms with Gasteiger partial charge in [0, 0.05) is 17.5 Å². The highest BCUT2D eigenvalue weighted by molar-refractivity contribution is 7.15. The third-order valence-corrected chi connectivity index (χ3v) is 5.28. The van der Waals surface area contributed by atoms with E-state index in [4.69, 9.17) is 21.1 Å². The molecular weight excluding hydrogens is 426 g/mol. The van der Waals surface area contributed by atoms with E-state index in [0.717, 1.165) is 11.1 Å². The van der Waals surface area contributed by atoms with Gasteiger partial charge in [-0.1, -0.05) is 41.1 Å². The summed E-state index contributed by atoms with van der Waals surface area (Å²) in [4.78, 5) is 29.0. The largest absolute Gasteiger partial charge is 0.490 e. The number of nitrogens with zero attached hydrogens (tertiary/aromatic N) is 3. The van der Waals surface area contributed by atoms with E-state index in [1.807, 2.05) is 13.0 Å². The van der Waals surface area contributed by atoms with E-state index in [1.54, 1.807) is 42.5 Å². The Kier molecular flexibility index (Phi) is 5.52. The second-order valence-electron chi connectivity index (χ2n) is 6.29. The van der Waals surface area contributed by atoms with Crippen LogP contribution in [0.5, 0.6) is 11.5 Å². The maximum absolute atomic E-state index is 12.8. The van der Waals surface area contributed by atoms with Crippen LogP contribution in [0.2, 0.25) is 5.02 Å². The van der Waals surface area contributed by atoms with Crippen molar-refractivity contribution >= 4 is 39.9 Å². The highest BCUT2D eigenvalue weighted by atomic mass is 35.5. The maximum Gasteiger partial charge on any atom is 0.308 e. The van der Waals surface area contributed by atoms with Crippen molar-refractivity contribution in [3.8, 4) is 22.9 Å². The van der Waals surface area contributed by atoms with Gasteiger partial charge in [-0.3, -0.25) is 9.59 Å². The molecule has 152 valence electrons. The highest BCUT2D eigenvalue weighted by Crippen LogP contribution is 2.29. The van der Waals surface area contributed by atoms with Crippen molar-refractivity contribution in [1.29, 1.82) is 0 Å². The second kappa shape index (κ2) is 8.25. The first-order valence-corrected chi connectivity index (χ1v) is 10.3. The Balaban J connectivity index is 1.73. The first-order valence-electron chi connectivity index (χ1n) is 9.07. The number of carbonyl (C=O) groups is 1. The number of esters is 1. The first-order chi connectivity index (χ1) is 14.4. The molecule has 0 amide bonds. The molecule has 0 atom stereocenters. The summed E-state index contributed by atoms with van der Waals surface area (Å²) >= 11 is 7.26. The number of fused-ring (bicyclic) bond motifs is 1. The Labute approximate surface area is 180 Å². The van der Waals surface area contributed by atoms with Gasteiger partial charge in [0.25, 0.3) is 5.56 Å². The summed E-state index contributed by atoms with van der Waals surface area (Å²) in [6, 6.07) is 12.2. The zero-order chi connectivity index (χ0) is 21.3. The van der Waals surface area contributed by atoms with Crippen LogP contribution in [0.4, 0.5) is 0 Å². The zero-order valence-electron chi connectivity index (χ0n) is 16.1. The number of ether oxygens (including phenoxy) is 2. The molecule has 0 fully saturated rings. The molecule has 0 N–H and O–H groups in total. The number of halogens is 1. The van der Waals surface area contributed by atoms with Crippen molar-refractivity contribution in [3.63, 3.8) is 0 Å². The van der Waals surface area contributed by atoms with Gasteiger partial charge in [0.05, 0.1) is 11.1 Å². The van der Waals surface area contributed by atoms with E-state index in [2.05, 4.69) is 10.1 Å². The number of carbonyl (C=O) groups excluding carboxylic acids is 1. The normalized spacial score (nSPS) is 11.8. The Morgan fingerprint density at radius 3 is 2.77 bits per heavy atom. The summed E-state index contributed by atoms with van der Waals surface area (Å²) in [5.41, 5.74) is 1.20. The van der Waals surface area contributed by atoms with Crippen LogP contribution < -0.4 is 19.6 Å². The van der Waals surface area contributed by atoms with Gasteiger partial charge in [0.1, 0.15) is 0 Å². The van der Waals surface area contributed by atoms with E-state index < -0.39 is 5.97 Å². The molecular formula is C21H16ClN3O4S. The van der Waals surface area contributed by atoms with Gasteiger partial charge >= 0.3 is 5.97 Å². The topological polar surface area (TPSA) is 82.8 Å². The van der Waals surface area contributed by atoms with Crippen molar-refractivity contribution in [2.75, 3.05) is 6.61 Å². The molecule has 0 aliphatic carbocycles. The zero-order valence-corrected chi connectivity index (χ0v) is 17.7. The quantitative estimate of drug-likeness (QED) is 0.349. The van der Waals surface area contributed by atoms with Gasteiger partial charge in [0.15, 0.2) is 17.3 Å². The van der Waals surface area contributed by atoms with Crippen molar-refractivity contribution in [2.24, 2.45) is 0 Å². The lowest BCUT2D eigenvalue weighted by molar-refractivity contribution is -0.132. The standard InChI is InChI=1S/C21H16ClN3O4S/c1-3-28-17-9-13(7-8-16(17)29-12(2)26)10-18-20(27)25-21(30-18)23-19(24-25)14-5-4-6-15(22)11-14/h4-11H,3H2,1-2H3/b18-10-. The molecule has 2 aromatic heterocycles. The van der Waals surface area contributed by atoms with Crippen LogP contribution in [0, 0.1) is 0 Å². The smallest absolute Gasteiger partial charge is 0.308 e. The molecule has 0 saturated carbocycles. The molecule has 4 aromatic rings. The summed E-state index contributed by atoms with van der Waals surface area (Å²) in [7, 11) is 0. The number of hydrogen-bond acceptors (Lipinski definition) is 7. The number of rotatable bonds is 5. The van der Waals surface area contributed by atoms with Gasteiger partial charge in [-0.15, -0.1) is 5.10 Å². The van der Waals surface area contributed by atoms with Crippen LogP contribution in [0.15, 0.2) is 47.3 Å². The van der Waals surface area contributed by atoms with Gasteiger partial charge in [0.2, 0.25) is 4.96 Å².